The molecule has 0 unspecified atom stereocenters. The predicted molar refractivity (Wildman–Crippen MR) is 183 cm³/mol. The van der Waals surface area contributed by atoms with E-state index >= 15 is 0 Å². The molecule has 0 amide bonds. The van der Waals surface area contributed by atoms with E-state index < -0.39 is 9.49 Å². The van der Waals surface area contributed by atoms with Crippen molar-refractivity contribution < 1.29 is 19.1 Å². The molecule has 0 radical (unpaired) electrons. The number of carbonyl (C=O) groups is 2. The van der Waals surface area contributed by atoms with Gasteiger partial charge in [0.05, 0.1) is 11.4 Å². The van der Waals surface area contributed by atoms with Gasteiger partial charge in [0.25, 0.3) is 0 Å². The number of thioether (sulfide) groups is 2. The molecule has 0 aliphatic heterocycles. The normalized spacial score (nSPS) is 11.7. The molecule has 0 N–H and O–H groups in total. The summed E-state index contributed by atoms with van der Waals surface area (Å²) in [6, 6.07) is 13.5. The fourth-order valence-electron chi connectivity index (χ4n) is 3.35. The lowest BCUT2D eigenvalue weighted by molar-refractivity contribution is -0.137. The van der Waals surface area contributed by atoms with Crippen molar-refractivity contribution in [3.05, 3.63) is 48.5 Å². The van der Waals surface area contributed by atoms with Gasteiger partial charge in [0.15, 0.2) is 0 Å². The summed E-state index contributed by atoms with van der Waals surface area (Å²) in [6.07, 6.45) is 0. The molecule has 8 nitrogen and oxygen atoms in total. The van der Waals surface area contributed by atoms with Gasteiger partial charge in [-0.1, -0.05) is 48.0 Å². The van der Waals surface area contributed by atoms with Gasteiger partial charge in [-0.2, -0.15) is 10.2 Å². The third-order valence-electron chi connectivity index (χ3n) is 6.09. The topological polar surface area (TPSA) is 83.8 Å². The molecular formula is C30H40N4O4S4. The summed E-state index contributed by atoms with van der Waals surface area (Å²) >= 11 is 13.6. The number of thiocarbonyl (C=S) groups is 2. The van der Waals surface area contributed by atoms with E-state index in [1.54, 1.807) is 76.2 Å². The van der Waals surface area contributed by atoms with Crippen LogP contribution in [0.1, 0.15) is 55.4 Å². The monoisotopic (exact) mass is 648 g/mol. The Balaban J connectivity index is 1.95. The van der Waals surface area contributed by atoms with Crippen LogP contribution in [-0.2, 0) is 9.59 Å². The fourth-order valence-corrected chi connectivity index (χ4v) is 7.01. The van der Waals surface area contributed by atoms with E-state index in [2.05, 4.69) is 10.2 Å². The molecule has 0 fully saturated rings. The molecule has 2 aromatic carbocycles. The van der Waals surface area contributed by atoms with Gasteiger partial charge in [0, 0.05) is 26.2 Å². The third-order valence-corrected chi connectivity index (χ3v) is 9.32. The Kier molecular flexibility index (Phi) is 13.9. The molecule has 0 aliphatic carbocycles. The molecule has 0 saturated carbocycles. The number of hydrogen-bond donors (Lipinski definition) is 0. The maximum Gasteiger partial charge on any atom is 0.327 e. The first-order valence-corrected chi connectivity index (χ1v) is 16.2. The number of ether oxygens (including phenoxy) is 2. The summed E-state index contributed by atoms with van der Waals surface area (Å²) in [5.41, 5.74) is 1.18. The summed E-state index contributed by atoms with van der Waals surface area (Å²) in [5, 5.41) is 8.49. The van der Waals surface area contributed by atoms with Crippen molar-refractivity contribution in [2.75, 3.05) is 26.2 Å². The fraction of sp³-hybridized carbons (Fsp3) is 0.467. The Hall–Kier alpha value is -2.54. The van der Waals surface area contributed by atoms with Crippen molar-refractivity contribution in [3.63, 3.8) is 0 Å². The van der Waals surface area contributed by atoms with Crippen molar-refractivity contribution in [1.29, 1.82) is 0 Å². The number of nitrogens with zero attached hydrogens (tertiary/aromatic N) is 4. The molecule has 0 aromatic heterocycles. The van der Waals surface area contributed by atoms with Crippen LogP contribution in [0.4, 0.5) is 11.4 Å². The summed E-state index contributed by atoms with van der Waals surface area (Å²) in [5.74, 6) is 0.0505. The van der Waals surface area contributed by atoms with Crippen LogP contribution in [0.5, 0.6) is 11.5 Å². The molecule has 2 aromatic rings. The second-order valence-corrected chi connectivity index (χ2v) is 14.6. The van der Waals surface area contributed by atoms with Gasteiger partial charge >= 0.3 is 11.9 Å². The van der Waals surface area contributed by atoms with Gasteiger partial charge in [0.1, 0.15) is 29.6 Å². The molecule has 12 heteroatoms. The van der Waals surface area contributed by atoms with Gasteiger partial charge < -0.3 is 19.3 Å². The third kappa shape index (κ3) is 10.6. The van der Waals surface area contributed by atoms with Gasteiger partial charge in [-0.25, -0.2) is 0 Å². The number of carbonyl (C=O) groups excluding carboxylic acids is 2. The standard InChI is InChI=1S/C30H40N4O4S4/c1-9-33(10-2)27(39)41-29(5,6)25(35)37-23-17-13-21(14-18-23)31-32-22-15-19-24(20-16-22)38-26(36)30(7,8)42-28(40)34(11-3)12-4/h13-20H,9-12H2,1-8H3. The van der Waals surface area contributed by atoms with E-state index in [1.807, 2.05) is 37.5 Å². The highest BCUT2D eigenvalue weighted by Crippen LogP contribution is 2.32. The zero-order valence-corrected chi connectivity index (χ0v) is 28.8. The van der Waals surface area contributed by atoms with E-state index in [4.69, 9.17) is 33.9 Å². The SMILES string of the molecule is CCN(CC)C(=S)SC(C)(C)C(=O)Oc1ccc(N=Nc2ccc(OC(=O)C(C)(C)SC(=S)N(CC)CC)cc2)cc1. The lowest BCUT2D eigenvalue weighted by atomic mass is 10.2. The van der Waals surface area contributed by atoms with Crippen molar-refractivity contribution in [3.8, 4) is 11.5 Å². The van der Waals surface area contributed by atoms with E-state index in [-0.39, 0.29) is 11.9 Å². The van der Waals surface area contributed by atoms with Gasteiger partial charge in [0.2, 0.25) is 0 Å². The number of esters is 2. The molecule has 42 heavy (non-hydrogen) atoms. The summed E-state index contributed by atoms with van der Waals surface area (Å²) in [4.78, 5) is 29.7. The van der Waals surface area contributed by atoms with E-state index in [0.29, 0.717) is 31.5 Å². The molecule has 0 bridgehead atoms. The zero-order valence-electron chi connectivity index (χ0n) is 25.5. The first-order valence-electron chi connectivity index (χ1n) is 13.8. The highest BCUT2D eigenvalue weighted by molar-refractivity contribution is 8.24. The van der Waals surface area contributed by atoms with E-state index in [0.717, 1.165) is 26.2 Å². The van der Waals surface area contributed by atoms with E-state index in [9.17, 15) is 9.59 Å². The molecule has 2 rings (SSSR count). The Labute approximate surface area is 269 Å². The average Bonchev–Trinajstić information content (AvgIpc) is 2.94. The number of hydrogen-bond acceptors (Lipinski definition) is 10. The minimum Gasteiger partial charge on any atom is -0.426 e. The number of benzene rings is 2. The van der Waals surface area contributed by atoms with Crippen LogP contribution in [0.2, 0.25) is 0 Å². The largest absolute Gasteiger partial charge is 0.426 e. The van der Waals surface area contributed by atoms with Crippen molar-refractivity contribution in [1.82, 2.24) is 9.80 Å². The van der Waals surface area contributed by atoms with Crippen LogP contribution in [0, 0.1) is 0 Å². The minimum atomic E-state index is -0.842. The number of azo groups is 1. The predicted octanol–water partition coefficient (Wildman–Crippen LogP) is 8.19. The first-order chi connectivity index (χ1) is 19.8. The first kappa shape index (κ1) is 35.7. The van der Waals surface area contributed by atoms with Crippen LogP contribution in [0.15, 0.2) is 58.8 Å². The smallest absolute Gasteiger partial charge is 0.327 e. The maximum atomic E-state index is 12.8. The lowest BCUT2D eigenvalue weighted by Crippen LogP contribution is -2.37. The summed E-state index contributed by atoms with van der Waals surface area (Å²) in [6.45, 7) is 18.4. The lowest BCUT2D eigenvalue weighted by Gasteiger charge is -2.27. The van der Waals surface area contributed by atoms with Crippen molar-refractivity contribution in [2.45, 2.75) is 64.9 Å². The van der Waals surface area contributed by atoms with Crippen LogP contribution < -0.4 is 9.47 Å². The summed E-state index contributed by atoms with van der Waals surface area (Å²) < 4.78 is 10.8. The maximum absolute atomic E-state index is 12.8. The molecule has 0 aliphatic rings. The minimum absolute atomic E-state index is 0.384. The Morgan fingerprint density at radius 1 is 0.643 bits per heavy atom. The number of rotatable bonds is 12. The summed E-state index contributed by atoms with van der Waals surface area (Å²) in [7, 11) is 0. The molecule has 228 valence electrons. The molecule has 0 saturated heterocycles. The van der Waals surface area contributed by atoms with Crippen LogP contribution >= 0.6 is 48.0 Å². The highest BCUT2D eigenvalue weighted by atomic mass is 32.2. The Bertz CT molecular complexity index is 1160. The van der Waals surface area contributed by atoms with Crippen LogP contribution in [0.25, 0.3) is 0 Å². The molecular weight excluding hydrogens is 609 g/mol. The highest BCUT2D eigenvalue weighted by Gasteiger charge is 2.34. The molecule has 0 spiro atoms. The second-order valence-electron chi connectivity index (χ2n) is 10.1. The van der Waals surface area contributed by atoms with Crippen LogP contribution in [0.3, 0.4) is 0 Å². The van der Waals surface area contributed by atoms with Crippen molar-refractivity contribution >= 4 is 79.9 Å². The van der Waals surface area contributed by atoms with Crippen LogP contribution in [-0.4, -0.2) is 66.1 Å². The average molecular weight is 649 g/mol. The van der Waals surface area contributed by atoms with Gasteiger partial charge in [-0.05, 0) is 104 Å². The molecule has 0 heterocycles. The van der Waals surface area contributed by atoms with Crippen molar-refractivity contribution in [2.24, 2.45) is 10.2 Å². The second kappa shape index (κ2) is 16.3. The van der Waals surface area contributed by atoms with E-state index in [1.165, 1.54) is 23.5 Å². The Morgan fingerprint density at radius 2 is 0.929 bits per heavy atom. The van der Waals surface area contributed by atoms with Gasteiger partial charge in [-0.15, -0.1) is 0 Å². The zero-order chi connectivity index (χ0) is 31.5. The molecule has 0 atom stereocenters. The quantitative estimate of drug-likeness (QED) is 0.0972. The Morgan fingerprint density at radius 3 is 1.19 bits per heavy atom. The van der Waals surface area contributed by atoms with Gasteiger partial charge in [-0.3, -0.25) is 9.59 Å².